The minimum absolute atomic E-state index is 0.548. The van der Waals surface area contributed by atoms with E-state index in [9.17, 15) is 0 Å². The van der Waals surface area contributed by atoms with Crippen LogP contribution in [0.4, 0.5) is 0 Å². The Hall–Kier alpha value is -0.220. The summed E-state index contributed by atoms with van der Waals surface area (Å²) in [6, 6.07) is 0.548. The van der Waals surface area contributed by atoms with E-state index in [1.54, 1.807) is 0 Å². The van der Waals surface area contributed by atoms with Crippen LogP contribution in [-0.4, -0.2) is 36.7 Å². The van der Waals surface area contributed by atoms with Crippen molar-refractivity contribution in [3.63, 3.8) is 0 Å². The molecule has 100 valence electrons. The van der Waals surface area contributed by atoms with Crippen molar-refractivity contribution in [1.29, 1.82) is 0 Å². The van der Waals surface area contributed by atoms with Crippen molar-refractivity contribution in [3.8, 4) is 0 Å². The first-order valence-corrected chi connectivity index (χ1v) is 7.59. The topological polar surface area (TPSA) is 33.6 Å². The lowest BCUT2D eigenvalue weighted by Gasteiger charge is -2.28. The summed E-state index contributed by atoms with van der Waals surface area (Å²) in [4.78, 5) is 4.57. The van der Waals surface area contributed by atoms with Crippen LogP contribution in [0.1, 0.15) is 34.1 Å². The van der Waals surface area contributed by atoms with Crippen LogP contribution in [0.3, 0.4) is 0 Å². The third kappa shape index (κ3) is 6.32. The van der Waals surface area contributed by atoms with Gasteiger partial charge in [-0.05, 0) is 25.2 Å². The Bertz CT molecular complexity index is 244. The van der Waals surface area contributed by atoms with Crippen molar-refractivity contribution in [1.82, 2.24) is 5.32 Å². The summed E-state index contributed by atoms with van der Waals surface area (Å²) in [6.07, 6.45) is 1.02. The normalized spacial score (nSPS) is 27.5. The molecule has 1 aliphatic rings. The molecule has 2 atom stereocenters. The summed E-state index contributed by atoms with van der Waals surface area (Å²) in [6.45, 7) is 11.4. The molecule has 1 aliphatic heterocycles. The molecule has 0 radical (unpaired) electrons. The molecular formula is C13H26N2OS. The molecule has 1 heterocycles. The minimum Gasteiger partial charge on any atom is -0.381 e. The van der Waals surface area contributed by atoms with Gasteiger partial charge in [-0.3, -0.25) is 4.99 Å². The van der Waals surface area contributed by atoms with Crippen LogP contribution in [-0.2, 0) is 4.74 Å². The Labute approximate surface area is 110 Å². The van der Waals surface area contributed by atoms with Crippen LogP contribution in [0.5, 0.6) is 0 Å². The molecule has 1 fully saturated rings. The number of nitrogens with one attached hydrogen (secondary N) is 1. The highest BCUT2D eigenvalue weighted by Crippen LogP contribution is 2.19. The number of ether oxygens (including phenoxy) is 1. The van der Waals surface area contributed by atoms with Crippen molar-refractivity contribution in [2.45, 2.75) is 40.2 Å². The van der Waals surface area contributed by atoms with E-state index in [0.717, 1.165) is 37.3 Å². The molecule has 1 saturated heterocycles. The molecule has 0 aromatic heterocycles. The van der Waals surface area contributed by atoms with E-state index in [1.807, 2.05) is 11.8 Å². The molecule has 1 rings (SSSR count). The molecule has 2 unspecified atom stereocenters. The highest BCUT2D eigenvalue weighted by atomic mass is 32.2. The van der Waals surface area contributed by atoms with Crippen molar-refractivity contribution < 1.29 is 4.74 Å². The fourth-order valence-electron chi connectivity index (χ4n) is 1.49. The molecule has 0 aliphatic carbocycles. The van der Waals surface area contributed by atoms with Gasteiger partial charge in [-0.15, -0.1) is 0 Å². The number of nitrogens with zero attached hydrogens (tertiary/aromatic N) is 1. The van der Waals surface area contributed by atoms with E-state index >= 15 is 0 Å². The van der Waals surface area contributed by atoms with Crippen LogP contribution in [0.15, 0.2) is 4.99 Å². The molecule has 0 spiro atoms. The van der Waals surface area contributed by atoms with Crippen LogP contribution in [0.25, 0.3) is 0 Å². The lowest BCUT2D eigenvalue weighted by molar-refractivity contribution is 0.109. The fraction of sp³-hybridized carbons (Fsp3) is 0.923. The zero-order valence-corrected chi connectivity index (χ0v) is 12.3. The van der Waals surface area contributed by atoms with Crippen LogP contribution < -0.4 is 5.32 Å². The first-order chi connectivity index (χ1) is 8.09. The van der Waals surface area contributed by atoms with Gasteiger partial charge in [0.15, 0.2) is 5.17 Å². The summed E-state index contributed by atoms with van der Waals surface area (Å²) in [5, 5.41) is 4.56. The number of thioether (sulfide) groups is 1. The van der Waals surface area contributed by atoms with E-state index in [-0.39, 0.29) is 0 Å². The van der Waals surface area contributed by atoms with E-state index in [1.165, 1.54) is 5.75 Å². The third-order valence-corrected chi connectivity index (χ3v) is 4.05. The van der Waals surface area contributed by atoms with Crippen molar-refractivity contribution >= 4 is 16.9 Å². The summed E-state index contributed by atoms with van der Waals surface area (Å²) in [5.74, 6) is 2.53. The van der Waals surface area contributed by atoms with Gasteiger partial charge in [-0.2, -0.15) is 0 Å². The van der Waals surface area contributed by atoms with Crippen molar-refractivity contribution in [2.24, 2.45) is 16.8 Å². The smallest absolute Gasteiger partial charge is 0.156 e. The zero-order chi connectivity index (χ0) is 12.7. The van der Waals surface area contributed by atoms with Crippen LogP contribution in [0, 0.1) is 11.8 Å². The number of hydrogen-bond acceptors (Lipinski definition) is 3. The zero-order valence-electron chi connectivity index (χ0n) is 11.5. The van der Waals surface area contributed by atoms with Gasteiger partial charge < -0.3 is 10.1 Å². The predicted molar refractivity (Wildman–Crippen MR) is 76.8 cm³/mol. The average Bonchev–Trinajstić information content (AvgIpc) is 2.27. The second kappa shape index (κ2) is 7.98. The Morgan fingerprint density at radius 3 is 2.88 bits per heavy atom. The lowest BCUT2D eigenvalue weighted by Crippen LogP contribution is -2.41. The SMILES string of the molecule is CC(C)COCCCN=C1NC(C)C(C)CS1. The molecule has 0 saturated carbocycles. The van der Waals surface area contributed by atoms with E-state index in [0.29, 0.717) is 12.0 Å². The first kappa shape index (κ1) is 14.8. The number of hydrogen-bond donors (Lipinski definition) is 1. The summed E-state index contributed by atoms with van der Waals surface area (Å²) in [7, 11) is 0. The Morgan fingerprint density at radius 2 is 2.24 bits per heavy atom. The second-order valence-corrected chi connectivity index (χ2v) is 6.24. The van der Waals surface area contributed by atoms with Gasteiger partial charge in [-0.1, -0.05) is 32.5 Å². The fourth-order valence-corrected chi connectivity index (χ4v) is 2.65. The summed E-state index contributed by atoms with van der Waals surface area (Å²) >= 11 is 1.84. The molecule has 0 aromatic carbocycles. The van der Waals surface area contributed by atoms with Gasteiger partial charge in [-0.25, -0.2) is 0 Å². The highest BCUT2D eigenvalue weighted by molar-refractivity contribution is 8.13. The summed E-state index contributed by atoms with van der Waals surface area (Å²) < 4.78 is 5.53. The maximum Gasteiger partial charge on any atom is 0.156 e. The average molecular weight is 258 g/mol. The largest absolute Gasteiger partial charge is 0.381 e. The van der Waals surface area contributed by atoms with Crippen molar-refractivity contribution in [3.05, 3.63) is 0 Å². The van der Waals surface area contributed by atoms with Gasteiger partial charge in [0.1, 0.15) is 0 Å². The molecule has 4 heteroatoms. The van der Waals surface area contributed by atoms with Crippen molar-refractivity contribution in [2.75, 3.05) is 25.5 Å². The summed E-state index contributed by atoms with van der Waals surface area (Å²) in [5.41, 5.74) is 0. The van der Waals surface area contributed by atoms with Crippen LogP contribution in [0.2, 0.25) is 0 Å². The van der Waals surface area contributed by atoms with E-state index < -0.39 is 0 Å². The van der Waals surface area contributed by atoms with Gasteiger partial charge in [0.05, 0.1) is 0 Å². The molecule has 0 aromatic rings. The highest BCUT2D eigenvalue weighted by Gasteiger charge is 2.20. The monoisotopic (exact) mass is 258 g/mol. The maximum atomic E-state index is 5.53. The Balaban J connectivity index is 2.08. The Kier molecular flexibility index (Phi) is 6.97. The molecule has 0 amide bonds. The van der Waals surface area contributed by atoms with Gasteiger partial charge in [0, 0.05) is 31.6 Å². The molecule has 0 bridgehead atoms. The van der Waals surface area contributed by atoms with E-state index in [2.05, 4.69) is 38.0 Å². The third-order valence-electron chi connectivity index (χ3n) is 2.84. The molecule has 17 heavy (non-hydrogen) atoms. The number of amidine groups is 1. The van der Waals surface area contributed by atoms with Gasteiger partial charge in [0.25, 0.3) is 0 Å². The lowest BCUT2D eigenvalue weighted by atomic mass is 10.1. The number of aliphatic imine (C=N–C) groups is 1. The van der Waals surface area contributed by atoms with Gasteiger partial charge >= 0.3 is 0 Å². The second-order valence-electron chi connectivity index (χ2n) is 5.23. The van der Waals surface area contributed by atoms with Crippen LogP contribution >= 0.6 is 11.8 Å². The first-order valence-electron chi connectivity index (χ1n) is 6.61. The van der Waals surface area contributed by atoms with Gasteiger partial charge in [0.2, 0.25) is 0 Å². The predicted octanol–water partition coefficient (Wildman–Crippen LogP) is 2.77. The standard InChI is InChI=1S/C13H26N2OS/c1-10(2)8-16-7-5-6-14-13-15-12(4)11(3)9-17-13/h10-12H,5-9H2,1-4H3,(H,14,15). The number of rotatable bonds is 6. The Morgan fingerprint density at radius 1 is 1.47 bits per heavy atom. The quantitative estimate of drug-likeness (QED) is 0.744. The molecule has 1 N–H and O–H groups in total. The minimum atomic E-state index is 0.548. The van der Waals surface area contributed by atoms with E-state index in [4.69, 9.17) is 4.74 Å². The molecular weight excluding hydrogens is 232 g/mol. The molecule has 3 nitrogen and oxygen atoms in total. The maximum absolute atomic E-state index is 5.53.